The third-order valence-corrected chi connectivity index (χ3v) is 2.89. The molecule has 18 heavy (non-hydrogen) atoms. The van der Waals surface area contributed by atoms with E-state index in [-0.39, 0.29) is 5.97 Å². The van der Waals surface area contributed by atoms with Crippen LogP contribution in [0.25, 0.3) is 0 Å². The highest BCUT2D eigenvalue weighted by Crippen LogP contribution is 2.26. The summed E-state index contributed by atoms with van der Waals surface area (Å²) in [5.74, 6) is -0.847. The second-order valence-corrected chi connectivity index (χ2v) is 4.22. The van der Waals surface area contributed by atoms with Gasteiger partial charge in [0.15, 0.2) is 0 Å². The van der Waals surface area contributed by atoms with E-state index in [4.69, 9.17) is 4.74 Å². The van der Waals surface area contributed by atoms with Crippen molar-refractivity contribution in [1.29, 1.82) is 0 Å². The van der Waals surface area contributed by atoms with Crippen LogP contribution >= 0.6 is 0 Å². The first-order valence-electron chi connectivity index (χ1n) is 6.51. The molecule has 0 radical (unpaired) electrons. The van der Waals surface area contributed by atoms with E-state index < -0.39 is 12.0 Å². The van der Waals surface area contributed by atoms with E-state index in [2.05, 4.69) is 5.10 Å². The largest absolute Gasteiger partial charge is 0.466 e. The summed E-state index contributed by atoms with van der Waals surface area (Å²) >= 11 is 0. The fourth-order valence-electron chi connectivity index (χ4n) is 1.90. The summed E-state index contributed by atoms with van der Waals surface area (Å²) in [6.07, 6.45) is 3.96. The lowest BCUT2D eigenvalue weighted by atomic mass is 9.93. The fraction of sp³-hybridized carbons (Fsp3) is 0.692. The van der Waals surface area contributed by atoms with Crippen molar-refractivity contribution < 1.29 is 14.6 Å². The first-order chi connectivity index (χ1) is 8.63. The highest BCUT2D eigenvalue weighted by Gasteiger charge is 2.29. The normalized spacial score (nSPS) is 14.2. The van der Waals surface area contributed by atoms with Crippen molar-refractivity contribution in [2.45, 2.75) is 46.3 Å². The molecular formula is C13H22N2O3. The molecule has 1 heterocycles. The average Bonchev–Trinajstić information content (AvgIpc) is 2.84. The lowest BCUT2D eigenvalue weighted by molar-refractivity contribution is -0.152. The van der Waals surface area contributed by atoms with Gasteiger partial charge in [-0.25, -0.2) is 0 Å². The van der Waals surface area contributed by atoms with Crippen LogP contribution < -0.4 is 0 Å². The van der Waals surface area contributed by atoms with Gasteiger partial charge in [0, 0.05) is 18.3 Å². The molecule has 0 spiro atoms. The molecule has 0 saturated carbocycles. The minimum absolute atomic E-state index is 0.333. The van der Waals surface area contributed by atoms with Crippen LogP contribution in [-0.2, 0) is 16.1 Å². The number of carbonyl (C=O) groups excluding carboxylic acids is 1. The van der Waals surface area contributed by atoms with Gasteiger partial charge in [0.05, 0.1) is 24.8 Å². The molecule has 102 valence electrons. The van der Waals surface area contributed by atoms with Crippen molar-refractivity contribution >= 4 is 5.97 Å². The summed E-state index contributed by atoms with van der Waals surface area (Å²) in [7, 11) is 0. The SMILES string of the molecule is CCCC(C(=O)OCC)C(O)c1cnn(CC)c1. The molecule has 0 saturated heterocycles. The van der Waals surface area contributed by atoms with Crippen LogP contribution in [-0.4, -0.2) is 27.5 Å². The second kappa shape index (κ2) is 7.16. The predicted molar refractivity (Wildman–Crippen MR) is 67.9 cm³/mol. The van der Waals surface area contributed by atoms with Crippen LogP contribution in [0.3, 0.4) is 0 Å². The van der Waals surface area contributed by atoms with Gasteiger partial charge in [-0.3, -0.25) is 9.48 Å². The quantitative estimate of drug-likeness (QED) is 0.755. The van der Waals surface area contributed by atoms with E-state index in [0.29, 0.717) is 18.6 Å². The topological polar surface area (TPSA) is 64.3 Å². The van der Waals surface area contributed by atoms with E-state index in [9.17, 15) is 9.90 Å². The Morgan fingerprint density at radius 3 is 2.72 bits per heavy atom. The molecule has 0 amide bonds. The number of carbonyl (C=O) groups is 1. The first kappa shape index (κ1) is 14.7. The van der Waals surface area contributed by atoms with Crippen LogP contribution in [0, 0.1) is 5.92 Å². The molecule has 0 aliphatic heterocycles. The number of aliphatic hydroxyl groups excluding tert-OH is 1. The molecule has 1 aromatic rings. The molecule has 1 N–H and O–H groups in total. The standard InChI is InChI=1S/C13H22N2O3/c1-4-7-11(13(17)18-6-3)12(16)10-8-14-15(5-2)9-10/h8-9,11-12,16H,4-7H2,1-3H3. The van der Waals surface area contributed by atoms with Crippen LogP contribution in [0.2, 0.25) is 0 Å². The van der Waals surface area contributed by atoms with Gasteiger partial charge in [0.1, 0.15) is 0 Å². The van der Waals surface area contributed by atoms with Crippen molar-refractivity contribution in [3.8, 4) is 0 Å². The van der Waals surface area contributed by atoms with Crippen LogP contribution in [0.15, 0.2) is 12.4 Å². The smallest absolute Gasteiger partial charge is 0.311 e. The van der Waals surface area contributed by atoms with Crippen LogP contribution in [0.4, 0.5) is 0 Å². The lowest BCUT2D eigenvalue weighted by Crippen LogP contribution is -2.24. The number of ether oxygens (including phenoxy) is 1. The summed E-state index contributed by atoms with van der Waals surface area (Å²) in [6, 6.07) is 0. The molecule has 0 fully saturated rings. The monoisotopic (exact) mass is 254 g/mol. The van der Waals surface area contributed by atoms with Gasteiger partial charge >= 0.3 is 5.97 Å². The number of aromatic nitrogens is 2. The number of rotatable bonds is 7. The van der Waals surface area contributed by atoms with Crippen molar-refractivity contribution in [2.24, 2.45) is 5.92 Å². The van der Waals surface area contributed by atoms with Crippen LogP contribution in [0.5, 0.6) is 0 Å². The Labute approximate surface area is 108 Å². The molecule has 0 bridgehead atoms. The maximum Gasteiger partial charge on any atom is 0.311 e. The molecule has 0 aromatic carbocycles. The van der Waals surface area contributed by atoms with Gasteiger partial charge in [0.25, 0.3) is 0 Å². The molecule has 1 aromatic heterocycles. The Morgan fingerprint density at radius 1 is 1.50 bits per heavy atom. The molecule has 0 aliphatic rings. The number of nitrogens with zero attached hydrogens (tertiary/aromatic N) is 2. The number of aliphatic hydroxyl groups is 1. The Morgan fingerprint density at radius 2 is 2.22 bits per heavy atom. The number of aryl methyl sites for hydroxylation is 1. The Hall–Kier alpha value is -1.36. The zero-order chi connectivity index (χ0) is 13.5. The van der Waals surface area contributed by atoms with Crippen molar-refractivity contribution in [3.05, 3.63) is 18.0 Å². The van der Waals surface area contributed by atoms with E-state index >= 15 is 0 Å². The summed E-state index contributed by atoms with van der Waals surface area (Å²) in [6.45, 7) is 6.79. The van der Waals surface area contributed by atoms with Crippen molar-refractivity contribution in [1.82, 2.24) is 9.78 Å². The van der Waals surface area contributed by atoms with E-state index in [1.807, 2.05) is 13.8 Å². The highest BCUT2D eigenvalue weighted by molar-refractivity contribution is 5.73. The zero-order valence-corrected chi connectivity index (χ0v) is 11.3. The molecule has 1 rings (SSSR count). The minimum Gasteiger partial charge on any atom is -0.466 e. The predicted octanol–water partition coefficient (Wildman–Crippen LogP) is 1.92. The van der Waals surface area contributed by atoms with E-state index in [0.717, 1.165) is 13.0 Å². The van der Waals surface area contributed by atoms with Gasteiger partial charge < -0.3 is 9.84 Å². The molecular weight excluding hydrogens is 232 g/mol. The fourth-order valence-corrected chi connectivity index (χ4v) is 1.90. The maximum atomic E-state index is 11.8. The number of esters is 1. The van der Waals surface area contributed by atoms with Crippen LogP contribution in [0.1, 0.15) is 45.3 Å². The summed E-state index contributed by atoms with van der Waals surface area (Å²) < 4.78 is 6.74. The van der Waals surface area contributed by atoms with Crippen molar-refractivity contribution in [3.63, 3.8) is 0 Å². The average molecular weight is 254 g/mol. The number of hydrogen-bond acceptors (Lipinski definition) is 4. The summed E-state index contributed by atoms with van der Waals surface area (Å²) in [5.41, 5.74) is 0.670. The Bertz CT molecular complexity index is 376. The summed E-state index contributed by atoms with van der Waals surface area (Å²) in [4.78, 5) is 11.8. The molecule has 5 heteroatoms. The highest BCUT2D eigenvalue weighted by atomic mass is 16.5. The van der Waals surface area contributed by atoms with E-state index in [1.54, 1.807) is 24.0 Å². The molecule has 2 atom stereocenters. The third kappa shape index (κ3) is 3.57. The van der Waals surface area contributed by atoms with Gasteiger partial charge in [-0.1, -0.05) is 13.3 Å². The minimum atomic E-state index is -0.843. The van der Waals surface area contributed by atoms with E-state index in [1.165, 1.54) is 0 Å². The van der Waals surface area contributed by atoms with Gasteiger partial charge in [-0.15, -0.1) is 0 Å². The second-order valence-electron chi connectivity index (χ2n) is 4.22. The summed E-state index contributed by atoms with van der Waals surface area (Å²) in [5, 5.41) is 14.4. The Balaban J connectivity index is 2.80. The molecule has 0 aliphatic carbocycles. The lowest BCUT2D eigenvalue weighted by Gasteiger charge is -2.19. The Kier molecular flexibility index (Phi) is 5.85. The van der Waals surface area contributed by atoms with Crippen molar-refractivity contribution in [2.75, 3.05) is 6.61 Å². The zero-order valence-electron chi connectivity index (χ0n) is 11.3. The third-order valence-electron chi connectivity index (χ3n) is 2.89. The molecule has 2 unspecified atom stereocenters. The van der Waals surface area contributed by atoms with Gasteiger partial charge in [-0.05, 0) is 20.3 Å². The van der Waals surface area contributed by atoms with Gasteiger partial charge in [0.2, 0.25) is 0 Å². The first-order valence-corrected chi connectivity index (χ1v) is 6.51. The van der Waals surface area contributed by atoms with Gasteiger partial charge in [-0.2, -0.15) is 5.10 Å². The number of hydrogen-bond donors (Lipinski definition) is 1. The molecule has 5 nitrogen and oxygen atoms in total. The maximum absolute atomic E-state index is 11.8.